The number of carbonyl (C=O) groups excluding carboxylic acids is 1. The maximum atomic E-state index is 12.3. The van der Waals surface area contributed by atoms with Gasteiger partial charge in [-0.05, 0) is 43.3 Å². The van der Waals surface area contributed by atoms with Crippen molar-refractivity contribution >= 4 is 38.8 Å². The highest BCUT2D eigenvalue weighted by Crippen LogP contribution is 2.28. The molecule has 0 saturated carbocycles. The van der Waals surface area contributed by atoms with Gasteiger partial charge in [-0.1, -0.05) is 17.7 Å². The number of anilines is 2. The number of hydrogen-bond acceptors (Lipinski definition) is 4. The number of carbonyl (C=O) groups is 1. The van der Waals surface area contributed by atoms with Crippen LogP contribution in [-0.4, -0.2) is 14.2 Å². The van der Waals surface area contributed by atoms with Gasteiger partial charge in [0.1, 0.15) is 4.90 Å². The Hall–Kier alpha value is -2.05. The molecule has 2 rings (SSSR count). The zero-order valence-corrected chi connectivity index (χ0v) is 12.7. The molecule has 0 aliphatic heterocycles. The first-order chi connectivity index (χ1) is 9.81. The smallest absolute Gasteiger partial charge is 0.265 e. The normalized spacial score (nSPS) is 11.1. The highest BCUT2D eigenvalue weighted by Gasteiger charge is 2.21. The quantitative estimate of drug-likeness (QED) is 0.668. The third kappa shape index (κ3) is 3.34. The average Bonchev–Trinajstić information content (AvgIpc) is 2.38. The molecule has 2 aromatic rings. The summed E-state index contributed by atoms with van der Waals surface area (Å²) in [5.74, 6) is -0.0974. The predicted octanol–water partition coefficient (Wildman–Crippen LogP) is 2.93. The molecule has 0 aliphatic rings. The molecule has 0 heterocycles. The number of nitrogen functional groups attached to an aromatic ring is 1. The van der Waals surface area contributed by atoms with Crippen LogP contribution in [0.1, 0.15) is 17.3 Å². The predicted molar refractivity (Wildman–Crippen MR) is 83.1 cm³/mol. The number of nitrogens with two attached hydrogens (primary N) is 1. The zero-order chi connectivity index (χ0) is 15.6. The topological polar surface area (TPSA) is 89.3 Å². The molecule has 0 bridgehead atoms. The SMILES string of the molecule is CC(=O)c1ccc(NS(=O)(=O)c2c(N)cccc2Cl)cc1. The van der Waals surface area contributed by atoms with E-state index in [0.717, 1.165) is 0 Å². The van der Waals surface area contributed by atoms with Gasteiger partial charge in [-0.2, -0.15) is 0 Å². The third-order valence-corrected chi connectivity index (χ3v) is 4.73. The molecule has 0 radical (unpaired) electrons. The fourth-order valence-electron chi connectivity index (χ4n) is 1.79. The van der Waals surface area contributed by atoms with E-state index < -0.39 is 10.0 Å². The van der Waals surface area contributed by atoms with Gasteiger partial charge in [0.25, 0.3) is 10.0 Å². The Bertz CT molecular complexity index is 766. The van der Waals surface area contributed by atoms with Crippen LogP contribution in [0.5, 0.6) is 0 Å². The van der Waals surface area contributed by atoms with Gasteiger partial charge in [0.05, 0.1) is 10.7 Å². The van der Waals surface area contributed by atoms with Crippen LogP contribution in [0.2, 0.25) is 5.02 Å². The lowest BCUT2D eigenvalue weighted by atomic mass is 10.1. The number of hydrogen-bond donors (Lipinski definition) is 2. The largest absolute Gasteiger partial charge is 0.398 e. The molecule has 0 amide bonds. The summed E-state index contributed by atoms with van der Waals surface area (Å²) in [5.41, 5.74) is 6.56. The van der Waals surface area contributed by atoms with Crippen molar-refractivity contribution in [1.82, 2.24) is 0 Å². The van der Waals surface area contributed by atoms with Crippen molar-refractivity contribution in [2.24, 2.45) is 0 Å². The summed E-state index contributed by atoms with van der Waals surface area (Å²) in [6, 6.07) is 10.6. The summed E-state index contributed by atoms with van der Waals surface area (Å²) in [7, 11) is -3.90. The zero-order valence-electron chi connectivity index (χ0n) is 11.1. The number of Topliss-reactive ketones (excluding diaryl/α,β-unsaturated/α-hetero) is 1. The molecule has 0 aromatic heterocycles. The van der Waals surface area contributed by atoms with Gasteiger partial charge >= 0.3 is 0 Å². The van der Waals surface area contributed by atoms with Crippen LogP contribution in [0.4, 0.5) is 11.4 Å². The summed E-state index contributed by atoms with van der Waals surface area (Å²) >= 11 is 5.90. The Morgan fingerprint density at radius 2 is 1.76 bits per heavy atom. The van der Waals surface area contributed by atoms with Crippen molar-refractivity contribution in [3.8, 4) is 0 Å². The molecule has 7 heteroatoms. The van der Waals surface area contributed by atoms with E-state index in [9.17, 15) is 13.2 Å². The van der Waals surface area contributed by atoms with Gasteiger partial charge in [0.2, 0.25) is 0 Å². The van der Waals surface area contributed by atoms with Crippen LogP contribution in [0.3, 0.4) is 0 Å². The summed E-state index contributed by atoms with van der Waals surface area (Å²) < 4.78 is 27.0. The summed E-state index contributed by atoms with van der Waals surface area (Å²) in [6.07, 6.45) is 0. The molecule has 0 atom stereocenters. The second-order valence-corrected chi connectivity index (χ2v) is 6.42. The maximum absolute atomic E-state index is 12.3. The monoisotopic (exact) mass is 324 g/mol. The first-order valence-electron chi connectivity index (χ1n) is 5.99. The van der Waals surface area contributed by atoms with Crippen LogP contribution >= 0.6 is 11.6 Å². The van der Waals surface area contributed by atoms with Gasteiger partial charge in [0, 0.05) is 11.3 Å². The van der Waals surface area contributed by atoms with Crippen LogP contribution < -0.4 is 10.5 Å². The Balaban J connectivity index is 2.35. The molecular formula is C14H13ClN2O3S. The van der Waals surface area contributed by atoms with E-state index in [4.69, 9.17) is 17.3 Å². The van der Waals surface area contributed by atoms with E-state index in [-0.39, 0.29) is 21.4 Å². The minimum atomic E-state index is -3.90. The second kappa shape index (κ2) is 5.75. The molecule has 2 aromatic carbocycles. The van der Waals surface area contributed by atoms with E-state index in [2.05, 4.69) is 4.72 Å². The molecule has 21 heavy (non-hydrogen) atoms. The lowest BCUT2D eigenvalue weighted by molar-refractivity contribution is 0.101. The molecule has 0 unspecified atom stereocenters. The molecule has 0 spiro atoms. The minimum Gasteiger partial charge on any atom is -0.398 e. The van der Waals surface area contributed by atoms with Crippen LogP contribution in [0.15, 0.2) is 47.4 Å². The lowest BCUT2D eigenvalue weighted by Crippen LogP contribution is -2.15. The van der Waals surface area contributed by atoms with Gasteiger partial charge in [-0.25, -0.2) is 8.42 Å². The summed E-state index contributed by atoms with van der Waals surface area (Å²) in [5, 5.41) is 0.0443. The molecule has 0 aliphatic carbocycles. The molecule has 110 valence electrons. The second-order valence-electron chi connectivity index (χ2n) is 4.40. The van der Waals surface area contributed by atoms with Crippen LogP contribution in [0, 0.1) is 0 Å². The first-order valence-corrected chi connectivity index (χ1v) is 7.85. The molecule has 3 N–H and O–H groups in total. The molecular weight excluding hydrogens is 312 g/mol. The van der Waals surface area contributed by atoms with Crippen LogP contribution in [-0.2, 0) is 10.0 Å². The van der Waals surface area contributed by atoms with Gasteiger partial charge in [-0.3, -0.25) is 9.52 Å². The molecule has 5 nitrogen and oxygen atoms in total. The van der Waals surface area contributed by atoms with Crippen molar-refractivity contribution in [2.75, 3.05) is 10.5 Å². The number of nitrogens with one attached hydrogen (secondary N) is 1. The standard InChI is InChI=1S/C14H13ClN2O3S/c1-9(18)10-5-7-11(8-6-10)17-21(19,20)14-12(15)3-2-4-13(14)16/h2-8,17H,16H2,1H3. The van der Waals surface area contributed by atoms with E-state index >= 15 is 0 Å². The average molecular weight is 325 g/mol. The first kappa shape index (κ1) is 15.3. The number of ketones is 1. The minimum absolute atomic E-state index is 0.0443. The van der Waals surface area contributed by atoms with E-state index in [1.54, 1.807) is 6.07 Å². The summed E-state index contributed by atoms with van der Waals surface area (Å²) in [6.45, 7) is 1.43. The van der Waals surface area contributed by atoms with Gasteiger partial charge in [-0.15, -0.1) is 0 Å². The Morgan fingerprint density at radius 1 is 1.14 bits per heavy atom. The van der Waals surface area contributed by atoms with Crippen molar-refractivity contribution in [3.63, 3.8) is 0 Å². The fraction of sp³-hybridized carbons (Fsp3) is 0.0714. The Labute approximate surface area is 127 Å². The third-order valence-electron chi connectivity index (χ3n) is 2.81. The lowest BCUT2D eigenvalue weighted by Gasteiger charge is -2.11. The van der Waals surface area contributed by atoms with E-state index in [1.807, 2.05) is 0 Å². The number of halogens is 1. The maximum Gasteiger partial charge on any atom is 0.265 e. The van der Waals surface area contributed by atoms with Crippen molar-refractivity contribution in [2.45, 2.75) is 11.8 Å². The Morgan fingerprint density at radius 3 is 2.29 bits per heavy atom. The molecule has 0 saturated heterocycles. The van der Waals surface area contributed by atoms with E-state index in [0.29, 0.717) is 11.3 Å². The van der Waals surface area contributed by atoms with Gasteiger partial charge < -0.3 is 5.73 Å². The van der Waals surface area contributed by atoms with Crippen LogP contribution in [0.25, 0.3) is 0 Å². The number of benzene rings is 2. The van der Waals surface area contributed by atoms with Crippen molar-refractivity contribution in [3.05, 3.63) is 53.1 Å². The highest BCUT2D eigenvalue weighted by atomic mass is 35.5. The van der Waals surface area contributed by atoms with Gasteiger partial charge in [0.15, 0.2) is 5.78 Å². The van der Waals surface area contributed by atoms with Crippen molar-refractivity contribution in [1.29, 1.82) is 0 Å². The summed E-state index contributed by atoms with van der Waals surface area (Å²) in [4.78, 5) is 11.0. The highest BCUT2D eigenvalue weighted by molar-refractivity contribution is 7.93. The Kier molecular flexibility index (Phi) is 4.20. The molecule has 0 fully saturated rings. The fourth-order valence-corrected chi connectivity index (χ4v) is 3.53. The van der Waals surface area contributed by atoms with Crippen molar-refractivity contribution < 1.29 is 13.2 Å². The number of rotatable bonds is 4. The van der Waals surface area contributed by atoms with E-state index in [1.165, 1.54) is 43.3 Å². The number of sulfonamides is 1.